The predicted octanol–water partition coefficient (Wildman–Crippen LogP) is 0.599. The van der Waals surface area contributed by atoms with Crippen molar-refractivity contribution in [2.75, 3.05) is 7.11 Å². The zero-order valence-corrected chi connectivity index (χ0v) is 6.61. The van der Waals surface area contributed by atoms with Gasteiger partial charge in [-0.05, 0) is 12.1 Å². The van der Waals surface area contributed by atoms with E-state index >= 15 is 0 Å². The summed E-state index contributed by atoms with van der Waals surface area (Å²) in [4.78, 5) is 0. The summed E-state index contributed by atoms with van der Waals surface area (Å²) in [5.41, 5.74) is 0.438. The van der Waals surface area contributed by atoms with Crippen LogP contribution in [-0.2, 0) is 6.61 Å². The van der Waals surface area contributed by atoms with Crippen molar-refractivity contribution in [3.05, 3.63) is 17.7 Å². The van der Waals surface area contributed by atoms with Crippen LogP contribution >= 0.6 is 0 Å². The van der Waals surface area contributed by atoms with Crippen LogP contribution in [0.1, 0.15) is 5.56 Å². The molecule has 1 aromatic rings. The molecule has 3 N–H and O–H groups in total. The molecule has 4 heteroatoms. The van der Waals surface area contributed by atoms with Crippen LogP contribution in [0.2, 0.25) is 0 Å². The van der Waals surface area contributed by atoms with Crippen molar-refractivity contribution in [1.29, 1.82) is 0 Å². The first-order valence-electron chi connectivity index (χ1n) is 3.39. The molecule has 0 aromatic heterocycles. The fourth-order valence-electron chi connectivity index (χ4n) is 0.955. The Morgan fingerprint density at radius 1 is 1.33 bits per heavy atom. The first kappa shape index (κ1) is 8.67. The molecule has 1 rings (SSSR count). The Morgan fingerprint density at radius 2 is 2.00 bits per heavy atom. The molecule has 0 aliphatic rings. The van der Waals surface area contributed by atoms with Gasteiger partial charge in [0, 0.05) is 5.56 Å². The van der Waals surface area contributed by atoms with Crippen LogP contribution in [-0.4, -0.2) is 22.4 Å². The molecule has 0 amide bonds. The molecule has 0 spiro atoms. The number of aliphatic hydroxyl groups excluding tert-OH is 1. The average Bonchev–Trinajstić information content (AvgIpc) is 2.09. The summed E-state index contributed by atoms with van der Waals surface area (Å²) in [5.74, 6) is -0.495. The Hall–Kier alpha value is -1.42. The summed E-state index contributed by atoms with van der Waals surface area (Å²) in [5, 5.41) is 27.1. The van der Waals surface area contributed by atoms with Crippen molar-refractivity contribution in [2.24, 2.45) is 0 Å². The molecule has 0 aliphatic carbocycles. The maximum atomic E-state index is 9.22. The van der Waals surface area contributed by atoms with E-state index in [9.17, 15) is 5.11 Å². The third kappa shape index (κ3) is 1.29. The smallest absolute Gasteiger partial charge is 0.200 e. The number of ether oxygens (including phenoxy) is 1. The third-order valence-corrected chi connectivity index (χ3v) is 1.57. The highest BCUT2D eigenvalue weighted by molar-refractivity contribution is 5.53. The lowest BCUT2D eigenvalue weighted by atomic mass is 10.2. The van der Waals surface area contributed by atoms with Crippen LogP contribution in [0.3, 0.4) is 0 Å². The van der Waals surface area contributed by atoms with E-state index in [2.05, 4.69) is 0 Å². The SMILES string of the molecule is COc1c(CO)ccc(O)c1O. The van der Waals surface area contributed by atoms with Gasteiger partial charge in [0.25, 0.3) is 0 Å². The lowest BCUT2D eigenvalue weighted by Gasteiger charge is -2.08. The molecule has 0 unspecified atom stereocenters. The summed E-state index contributed by atoms with van der Waals surface area (Å²) >= 11 is 0. The van der Waals surface area contributed by atoms with Crippen molar-refractivity contribution in [1.82, 2.24) is 0 Å². The summed E-state index contributed by atoms with van der Waals surface area (Å²) in [7, 11) is 1.35. The minimum Gasteiger partial charge on any atom is -0.504 e. The predicted molar refractivity (Wildman–Crippen MR) is 42.2 cm³/mol. The number of hydrogen-bond acceptors (Lipinski definition) is 4. The second-order valence-electron chi connectivity index (χ2n) is 2.28. The van der Waals surface area contributed by atoms with E-state index in [0.29, 0.717) is 5.56 Å². The molecule has 0 aliphatic heterocycles. The number of aromatic hydroxyl groups is 2. The average molecular weight is 170 g/mol. The Balaban J connectivity index is 3.25. The lowest BCUT2D eigenvalue weighted by Crippen LogP contribution is -1.91. The van der Waals surface area contributed by atoms with Gasteiger partial charge in [-0.2, -0.15) is 0 Å². The van der Waals surface area contributed by atoms with Gasteiger partial charge in [0.05, 0.1) is 13.7 Å². The van der Waals surface area contributed by atoms with E-state index in [1.165, 1.54) is 19.2 Å². The van der Waals surface area contributed by atoms with Crippen LogP contribution in [0.25, 0.3) is 0 Å². The van der Waals surface area contributed by atoms with Crippen molar-refractivity contribution < 1.29 is 20.1 Å². The second-order valence-corrected chi connectivity index (χ2v) is 2.28. The molecule has 66 valence electrons. The van der Waals surface area contributed by atoms with Crippen LogP contribution in [0.4, 0.5) is 0 Å². The second kappa shape index (κ2) is 3.32. The number of hydrogen-bond donors (Lipinski definition) is 3. The molecular formula is C8H10O4. The highest BCUT2D eigenvalue weighted by atomic mass is 16.5. The topological polar surface area (TPSA) is 69.9 Å². The highest BCUT2D eigenvalue weighted by Crippen LogP contribution is 2.37. The van der Waals surface area contributed by atoms with Gasteiger partial charge in [-0.3, -0.25) is 0 Å². The van der Waals surface area contributed by atoms with Crippen LogP contribution in [0, 0.1) is 0 Å². The molecule has 0 bridgehead atoms. The normalized spacial score (nSPS) is 9.83. The number of methoxy groups -OCH3 is 1. The third-order valence-electron chi connectivity index (χ3n) is 1.57. The maximum Gasteiger partial charge on any atom is 0.200 e. The maximum absolute atomic E-state index is 9.22. The van der Waals surface area contributed by atoms with Crippen molar-refractivity contribution >= 4 is 0 Å². The van der Waals surface area contributed by atoms with Crippen molar-refractivity contribution in [3.63, 3.8) is 0 Å². The van der Waals surface area contributed by atoms with E-state index < -0.39 is 0 Å². The van der Waals surface area contributed by atoms with Crippen LogP contribution < -0.4 is 4.74 Å². The van der Waals surface area contributed by atoms with Crippen molar-refractivity contribution in [2.45, 2.75) is 6.61 Å². The number of phenols is 2. The van der Waals surface area contributed by atoms with Crippen LogP contribution in [0.15, 0.2) is 12.1 Å². The molecular weight excluding hydrogens is 160 g/mol. The minimum atomic E-state index is -0.343. The summed E-state index contributed by atoms with van der Waals surface area (Å²) in [6.45, 7) is -0.239. The van der Waals surface area contributed by atoms with E-state index in [4.69, 9.17) is 14.9 Å². The van der Waals surface area contributed by atoms with E-state index in [1.54, 1.807) is 0 Å². The Kier molecular flexibility index (Phi) is 2.40. The van der Waals surface area contributed by atoms with Gasteiger partial charge >= 0.3 is 0 Å². The van der Waals surface area contributed by atoms with Crippen LogP contribution in [0.5, 0.6) is 17.2 Å². The monoisotopic (exact) mass is 170 g/mol. The van der Waals surface area contributed by atoms with E-state index in [0.717, 1.165) is 0 Å². The van der Waals surface area contributed by atoms with Gasteiger partial charge in [0.15, 0.2) is 11.5 Å². The molecule has 1 aromatic carbocycles. The largest absolute Gasteiger partial charge is 0.504 e. The van der Waals surface area contributed by atoms with Gasteiger partial charge in [-0.15, -0.1) is 0 Å². The minimum absolute atomic E-state index is 0.109. The van der Waals surface area contributed by atoms with Gasteiger partial charge in [0.1, 0.15) is 0 Å². The zero-order chi connectivity index (χ0) is 9.14. The molecule has 0 saturated carbocycles. The standard InChI is InChI=1S/C8H10O4/c1-12-8-5(4-9)2-3-6(10)7(8)11/h2-3,9-11H,4H2,1H3. The quantitative estimate of drug-likeness (QED) is 0.568. The Labute approximate surface area is 69.7 Å². The molecule has 0 fully saturated rings. The number of rotatable bonds is 2. The fourth-order valence-corrected chi connectivity index (χ4v) is 0.955. The Bertz CT molecular complexity index is 283. The molecule has 0 atom stereocenters. The van der Waals surface area contributed by atoms with Gasteiger partial charge in [0.2, 0.25) is 5.75 Å². The van der Waals surface area contributed by atoms with Crippen molar-refractivity contribution in [3.8, 4) is 17.2 Å². The molecule has 12 heavy (non-hydrogen) atoms. The summed E-state index contributed by atoms with van der Waals surface area (Å²) < 4.78 is 4.78. The zero-order valence-electron chi connectivity index (χ0n) is 6.61. The lowest BCUT2D eigenvalue weighted by molar-refractivity contribution is 0.269. The number of aliphatic hydroxyl groups is 1. The first-order valence-corrected chi connectivity index (χ1v) is 3.39. The number of benzene rings is 1. The highest BCUT2D eigenvalue weighted by Gasteiger charge is 2.11. The van der Waals surface area contributed by atoms with Gasteiger partial charge in [-0.1, -0.05) is 0 Å². The molecule has 0 radical (unpaired) electrons. The summed E-state index contributed by atoms with van der Waals surface area (Å²) in [6, 6.07) is 2.78. The molecule has 0 heterocycles. The number of phenolic OH excluding ortho intramolecular Hbond substituents is 2. The first-order chi connectivity index (χ1) is 5.70. The Morgan fingerprint density at radius 3 is 2.50 bits per heavy atom. The van der Waals surface area contributed by atoms with E-state index in [1.807, 2.05) is 0 Å². The van der Waals surface area contributed by atoms with Gasteiger partial charge in [-0.25, -0.2) is 0 Å². The fraction of sp³-hybridized carbons (Fsp3) is 0.250. The molecule has 0 saturated heterocycles. The van der Waals surface area contributed by atoms with Gasteiger partial charge < -0.3 is 20.1 Å². The summed E-state index contributed by atoms with van der Waals surface area (Å²) in [6.07, 6.45) is 0. The van der Waals surface area contributed by atoms with E-state index in [-0.39, 0.29) is 23.9 Å². The molecule has 4 nitrogen and oxygen atoms in total.